The Hall–Kier alpha value is -1.95. The maximum atomic E-state index is 12.2. The Balaban J connectivity index is 0.000000326. The van der Waals surface area contributed by atoms with E-state index in [4.69, 9.17) is 5.84 Å². The fourth-order valence-electron chi connectivity index (χ4n) is 2.41. The monoisotopic (exact) mass is 317 g/mol. The molecule has 0 aromatic carbocycles. The maximum absolute atomic E-state index is 12.2. The number of nitrogens with two attached hydrogens (primary N) is 1. The average Bonchev–Trinajstić information content (AvgIpc) is 3.37. The second-order valence-electron chi connectivity index (χ2n) is 6.99. The summed E-state index contributed by atoms with van der Waals surface area (Å²) in [6.45, 7) is 9.27. The van der Waals surface area contributed by atoms with Crippen molar-refractivity contribution >= 4 is 11.7 Å². The van der Waals surface area contributed by atoms with Crippen molar-refractivity contribution in [2.45, 2.75) is 53.5 Å². The molecule has 0 saturated carbocycles. The standard InChI is InChI=1S/C12H19N5O.C5H8/c1-12(2,3)11(18)17-5-4-9-8(7-17)6-10(14-13)16-15-9;1-2-5-3-4-5/h6H,4-5,7,13H2,1-3H3,(H,14,16);3H,2,4H2,1H3. The normalized spacial score (nSPS) is 15.9. The van der Waals surface area contributed by atoms with E-state index in [-0.39, 0.29) is 11.3 Å². The molecule has 0 bridgehead atoms. The van der Waals surface area contributed by atoms with E-state index in [1.807, 2.05) is 31.7 Å². The first-order chi connectivity index (χ1) is 10.8. The van der Waals surface area contributed by atoms with Gasteiger partial charge in [-0.05, 0) is 24.5 Å². The second-order valence-corrected chi connectivity index (χ2v) is 6.99. The van der Waals surface area contributed by atoms with Crippen LogP contribution in [0.15, 0.2) is 17.7 Å². The van der Waals surface area contributed by atoms with Crippen LogP contribution in [0.5, 0.6) is 0 Å². The van der Waals surface area contributed by atoms with Crippen LogP contribution in [-0.4, -0.2) is 27.5 Å². The highest BCUT2D eigenvalue weighted by Gasteiger charge is 2.30. The molecule has 0 atom stereocenters. The summed E-state index contributed by atoms with van der Waals surface area (Å²) in [6.07, 6.45) is 5.59. The van der Waals surface area contributed by atoms with Crippen LogP contribution in [0, 0.1) is 5.41 Å². The Morgan fingerprint density at radius 3 is 2.57 bits per heavy atom. The Labute approximate surface area is 138 Å². The lowest BCUT2D eigenvalue weighted by Crippen LogP contribution is -2.42. The van der Waals surface area contributed by atoms with E-state index in [9.17, 15) is 4.79 Å². The number of nitrogen functional groups attached to an aromatic ring is 1. The van der Waals surface area contributed by atoms with E-state index in [1.165, 1.54) is 12.8 Å². The minimum atomic E-state index is -0.354. The number of carbonyl (C=O) groups is 1. The summed E-state index contributed by atoms with van der Waals surface area (Å²) >= 11 is 0. The molecule has 2 heterocycles. The van der Waals surface area contributed by atoms with Gasteiger partial charge in [-0.1, -0.05) is 39.3 Å². The van der Waals surface area contributed by atoms with Gasteiger partial charge in [-0.3, -0.25) is 4.79 Å². The Morgan fingerprint density at radius 2 is 2.09 bits per heavy atom. The van der Waals surface area contributed by atoms with Gasteiger partial charge in [0, 0.05) is 24.9 Å². The van der Waals surface area contributed by atoms with Gasteiger partial charge in [0.1, 0.15) is 0 Å². The predicted octanol–water partition coefficient (Wildman–Crippen LogP) is 2.42. The number of fused-ring (bicyclic) bond motifs is 1. The molecular formula is C17H27N5O. The highest BCUT2D eigenvalue weighted by molar-refractivity contribution is 5.81. The van der Waals surface area contributed by atoms with Gasteiger partial charge in [0.25, 0.3) is 0 Å². The van der Waals surface area contributed by atoms with Crippen molar-refractivity contribution in [3.8, 4) is 0 Å². The van der Waals surface area contributed by atoms with Crippen molar-refractivity contribution in [1.82, 2.24) is 15.1 Å². The Bertz CT molecular complexity index is 603. The Morgan fingerprint density at radius 1 is 1.39 bits per heavy atom. The van der Waals surface area contributed by atoms with Gasteiger partial charge in [0.15, 0.2) is 5.82 Å². The first-order valence-electron chi connectivity index (χ1n) is 8.14. The van der Waals surface area contributed by atoms with Crippen molar-refractivity contribution in [1.29, 1.82) is 0 Å². The summed E-state index contributed by atoms with van der Waals surface area (Å²) in [5.41, 5.74) is 5.72. The quantitative estimate of drug-likeness (QED) is 0.497. The van der Waals surface area contributed by atoms with Gasteiger partial charge >= 0.3 is 0 Å². The Kier molecular flexibility index (Phi) is 5.36. The minimum Gasteiger partial charge on any atom is -0.337 e. The summed E-state index contributed by atoms with van der Waals surface area (Å²) in [7, 11) is 0. The summed E-state index contributed by atoms with van der Waals surface area (Å²) < 4.78 is 0. The molecule has 0 fully saturated rings. The van der Waals surface area contributed by atoms with E-state index in [0.29, 0.717) is 18.9 Å². The molecule has 0 unspecified atom stereocenters. The summed E-state index contributed by atoms with van der Waals surface area (Å²) in [6, 6.07) is 1.85. The lowest BCUT2D eigenvalue weighted by atomic mass is 9.93. The number of nitrogens with one attached hydrogen (secondary N) is 1. The molecule has 1 amide bonds. The van der Waals surface area contributed by atoms with Gasteiger partial charge in [0.05, 0.1) is 5.69 Å². The highest BCUT2D eigenvalue weighted by Crippen LogP contribution is 2.24. The van der Waals surface area contributed by atoms with Crippen molar-refractivity contribution in [3.05, 3.63) is 29.0 Å². The first-order valence-corrected chi connectivity index (χ1v) is 8.14. The van der Waals surface area contributed by atoms with Gasteiger partial charge in [0.2, 0.25) is 5.91 Å². The maximum Gasteiger partial charge on any atom is 0.228 e. The molecule has 1 aromatic heterocycles. The zero-order chi connectivity index (χ0) is 17.0. The predicted molar refractivity (Wildman–Crippen MR) is 91.4 cm³/mol. The van der Waals surface area contributed by atoms with Gasteiger partial charge in [-0.15, -0.1) is 5.10 Å². The molecule has 1 aromatic rings. The summed E-state index contributed by atoms with van der Waals surface area (Å²) in [5.74, 6) is 6.00. The topological polar surface area (TPSA) is 84.1 Å². The van der Waals surface area contributed by atoms with Crippen molar-refractivity contribution in [2.24, 2.45) is 11.3 Å². The first kappa shape index (κ1) is 17.4. The number of hydrogen-bond acceptors (Lipinski definition) is 5. The summed E-state index contributed by atoms with van der Waals surface area (Å²) in [5, 5.41) is 8.06. The van der Waals surface area contributed by atoms with Gasteiger partial charge in [-0.2, -0.15) is 5.10 Å². The molecule has 23 heavy (non-hydrogen) atoms. The van der Waals surface area contributed by atoms with Crippen molar-refractivity contribution < 1.29 is 4.79 Å². The van der Waals surface area contributed by atoms with Crippen LogP contribution in [0.3, 0.4) is 0 Å². The number of rotatable bonds is 2. The zero-order valence-corrected chi connectivity index (χ0v) is 14.5. The molecule has 126 valence electrons. The number of amides is 1. The molecule has 2 aliphatic rings. The largest absolute Gasteiger partial charge is 0.337 e. The third kappa shape index (κ3) is 4.76. The van der Waals surface area contributed by atoms with Crippen LogP contribution in [0.2, 0.25) is 0 Å². The average molecular weight is 317 g/mol. The number of carbonyl (C=O) groups excluding carboxylic acids is 1. The number of allylic oxidation sites excluding steroid dienone is 2. The molecular weight excluding hydrogens is 290 g/mol. The van der Waals surface area contributed by atoms with E-state index >= 15 is 0 Å². The van der Waals surface area contributed by atoms with Crippen LogP contribution in [0.4, 0.5) is 5.82 Å². The number of aromatic nitrogens is 2. The van der Waals surface area contributed by atoms with Crippen LogP contribution in [-0.2, 0) is 17.8 Å². The third-order valence-corrected chi connectivity index (χ3v) is 3.96. The van der Waals surface area contributed by atoms with Crippen molar-refractivity contribution in [2.75, 3.05) is 12.0 Å². The van der Waals surface area contributed by atoms with Crippen LogP contribution in [0.1, 0.15) is 51.8 Å². The molecule has 6 heteroatoms. The number of anilines is 1. The summed E-state index contributed by atoms with van der Waals surface area (Å²) in [4.78, 5) is 14.1. The molecule has 3 rings (SSSR count). The van der Waals surface area contributed by atoms with E-state index in [2.05, 4.69) is 28.6 Å². The SMILES string of the molecule is CC(C)(C)C(=O)N1CCc2nnc(NN)cc2C1.CCC1=CC1. The highest BCUT2D eigenvalue weighted by atomic mass is 16.2. The fourth-order valence-corrected chi connectivity index (χ4v) is 2.41. The molecule has 0 radical (unpaired) electrons. The van der Waals surface area contributed by atoms with Gasteiger partial charge in [-0.25, -0.2) is 5.84 Å². The van der Waals surface area contributed by atoms with Gasteiger partial charge < -0.3 is 10.3 Å². The molecule has 0 spiro atoms. The lowest BCUT2D eigenvalue weighted by molar-refractivity contribution is -0.140. The zero-order valence-electron chi connectivity index (χ0n) is 14.5. The third-order valence-electron chi connectivity index (χ3n) is 3.96. The lowest BCUT2D eigenvalue weighted by Gasteiger charge is -2.33. The molecule has 1 aliphatic carbocycles. The van der Waals surface area contributed by atoms with Crippen LogP contribution in [0.25, 0.3) is 0 Å². The fraction of sp³-hybridized carbons (Fsp3) is 0.588. The van der Waals surface area contributed by atoms with Crippen LogP contribution >= 0.6 is 0 Å². The smallest absolute Gasteiger partial charge is 0.228 e. The number of hydrazine groups is 1. The molecule has 6 nitrogen and oxygen atoms in total. The number of nitrogens with zero attached hydrogens (tertiary/aromatic N) is 3. The van der Waals surface area contributed by atoms with Crippen LogP contribution < -0.4 is 11.3 Å². The molecule has 3 N–H and O–H groups in total. The van der Waals surface area contributed by atoms with Crippen molar-refractivity contribution in [3.63, 3.8) is 0 Å². The van der Waals surface area contributed by atoms with E-state index in [0.717, 1.165) is 17.7 Å². The molecule has 1 aliphatic heterocycles. The number of hydrogen-bond donors (Lipinski definition) is 2. The second kappa shape index (κ2) is 7.08. The molecule has 0 saturated heterocycles. The van der Waals surface area contributed by atoms with E-state index < -0.39 is 0 Å². The minimum absolute atomic E-state index is 0.159. The van der Waals surface area contributed by atoms with E-state index in [1.54, 1.807) is 5.57 Å².